The number of hydrogen-bond acceptors (Lipinski definition) is 4. The smallest absolute Gasteiger partial charge is 0.129 e. The van der Waals surface area contributed by atoms with E-state index in [0.717, 1.165) is 21.6 Å². The number of phenols is 1. The molecule has 0 aliphatic rings. The molecule has 0 atom stereocenters. The molecule has 1 heterocycles. The number of aromatic hydroxyl groups is 1. The second-order valence-electron chi connectivity index (χ2n) is 3.88. The average molecular weight is 249 g/mol. The summed E-state index contributed by atoms with van der Waals surface area (Å²) < 4.78 is 1.60. The van der Waals surface area contributed by atoms with E-state index in [1.807, 2.05) is 25.3 Å². The first kappa shape index (κ1) is 11.9. The summed E-state index contributed by atoms with van der Waals surface area (Å²) in [6.07, 6.45) is 3.66. The molecule has 0 fully saturated rings. The number of nitrogens with two attached hydrogens (primary N) is 1. The van der Waals surface area contributed by atoms with Gasteiger partial charge in [-0.1, -0.05) is 6.07 Å². The monoisotopic (exact) mass is 249 g/mol. The van der Waals surface area contributed by atoms with Crippen molar-refractivity contribution in [2.75, 3.05) is 12.0 Å². The van der Waals surface area contributed by atoms with Gasteiger partial charge in [0, 0.05) is 23.1 Å². The molecule has 0 radical (unpaired) electrons. The molecule has 2 aromatic rings. The second kappa shape index (κ2) is 4.33. The third kappa shape index (κ3) is 1.86. The Balaban J connectivity index is 2.73. The number of benzene rings is 1. The molecule has 4 nitrogen and oxygen atoms in total. The lowest BCUT2D eigenvalue weighted by Gasteiger charge is -2.11. The first-order valence-electron chi connectivity index (χ1n) is 5.20. The predicted molar refractivity (Wildman–Crippen MR) is 71.2 cm³/mol. The van der Waals surface area contributed by atoms with Gasteiger partial charge in [0.25, 0.3) is 0 Å². The molecule has 90 valence electrons. The summed E-state index contributed by atoms with van der Waals surface area (Å²) in [7, 11) is 1.78. The number of nitrogen functional groups attached to an aromatic ring is 1. The number of rotatable bonds is 2. The Morgan fingerprint density at radius 3 is 2.65 bits per heavy atom. The van der Waals surface area contributed by atoms with Crippen LogP contribution in [-0.4, -0.2) is 21.1 Å². The summed E-state index contributed by atoms with van der Waals surface area (Å²) >= 11 is 1.58. The minimum atomic E-state index is 0.275. The molecular weight excluding hydrogens is 234 g/mol. The van der Waals surface area contributed by atoms with E-state index < -0.39 is 0 Å². The van der Waals surface area contributed by atoms with Crippen molar-refractivity contribution in [2.45, 2.75) is 11.8 Å². The van der Waals surface area contributed by atoms with Crippen LogP contribution < -0.4 is 5.73 Å². The molecular formula is C12H15N3OS. The molecule has 5 heteroatoms. The second-order valence-corrected chi connectivity index (χ2v) is 4.72. The summed E-state index contributed by atoms with van der Waals surface area (Å²) in [4.78, 5) is 0.993. The predicted octanol–water partition coefficient (Wildman–Crippen LogP) is 2.41. The van der Waals surface area contributed by atoms with E-state index in [-0.39, 0.29) is 5.75 Å². The SMILES string of the molecule is CSc1ccc(C)c(O)c1-c1cnn(C)c1N. The van der Waals surface area contributed by atoms with Crippen molar-refractivity contribution in [3.63, 3.8) is 0 Å². The fourth-order valence-corrected chi connectivity index (χ4v) is 2.36. The number of phenolic OH excluding ortho intramolecular Hbond substituents is 1. The maximum absolute atomic E-state index is 10.2. The van der Waals surface area contributed by atoms with Crippen molar-refractivity contribution in [1.29, 1.82) is 0 Å². The quantitative estimate of drug-likeness (QED) is 0.802. The van der Waals surface area contributed by atoms with Crippen LogP contribution in [0.5, 0.6) is 5.75 Å². The summed E-state index contributed by atoms with van der Waals surface area (Å²) in [6.45, 7) is 1.87. The summed E-state index contributed by atoms with van der Waals surface area (Å²) in [5.74, 6) is 0.831. The zero-order chi connectivity index (χ0) is 12.6. The van der Waals surface area contributed by atoms with Crippen molar-refractivity contribution in [3.8, 4) is 16.9 Å². The number of thioether (sulfide) groups is 1. The van der Waals surface area contributed by atoms with Crippen LogP contribution in [0.15, 0.2) is 23.2 Å². The Kier molecular flexibility index (Phi) is 3.02. The number of hydrogen-bond donors (Lipinski definition) is 2. The summed E-state index contributed by atoms with van der Waals surface area (Å²) in [6, 6.07) is 3.89. The van der Waals surface area contributed by atoms with Gasteiger partial charge in [-0.3, -0.25) is 4.68 Å². The lowest BCUT2D eigenvalue weighted by Crippen LogP contribution is -1.98. The molecule has 0 saturated carbocycles. The van der Waals surface area contributed by atoms with Crippen molar-refractivity contribution in [2.24, 2.45) is 7.05 Å². The molecule has 1 aromatic heterocycles. The standard InChI is InChI=1S/C12H15N3OS/c1-7-4-5-9(17-3)10(11(7)16)8-6-14-15(2)12(8)13/h4-6,16H,13H2,1-3H3. The molecule has 0 saturated heterocycles. The zero-order valence-corrected chi connectivity index (χ0v) is 10.9. The minimum absolute atomic E-state index is 0.275. The summed E-state index contributed by atoms with van der Waals surface area (Å²) in [5, 5.41) is 14.3. The van der Waals surface area contributed by atoms with Crippen LogP contribution >= 0.6 is 11.8 Å². The lowest BCUT2D eigenvalue weighted by atomic mass is 10.0. The first-order chi connectivity index (χ1) is 8.06. The van der Waals surface area contributed by atoms with Gasteiger partial charge in [0.05, 0.1) is 6.20 Å². The van der Waals surface area contributed by atoms with Crippen LogP contribution in [0.4, 0.5) is 5.82 Å². The highest BCUT2D eigenvalue weighted by molar-refractivity contribution is 7.98. The van der Waals surface area contributed by atoms with E-state index in [0.29, 0.717) is 5.82 Å². The Bertz CT molecular complexity index is 563. The van der Waals surface area contributed by atoms with E-state index in [2.05, 4.69) is 5.10 Å². The van der Waals surface area contributed by atoms with E-state index >= 15 is 0 Å². The van der Waals surface area contributed by atoms with Crippen LogP contribution in [0.2, 0.25) is 0 Å². The van der Waals surface area contributed by atoms with Crippen LogP contribution in [0.3, 0.4) is 0 Å². The number of nitrogens with zero attached hydrogens (tertiary/aromatic N) is 2. The first-order valence-corrected chi connectivity index (χ1v) is 6.43. The van der Waals surface area contributed by atoms with Crippen LogP contribution in [0.1, 0.15) is 5.56 Å². The van der Waals surface area contributed by atoms with E-state index in [4.69, 9.17) is 5.73 Å². The van der Waals surface area contributed by atoms with Gasteiger partial charge in [-0.2, -0.15) is 5.10 Å². The van der Waals surface area contributed by atoms with Gasteiger partial charge in [0.15, 0.2) is 0 Å². The number of aromatic nitrogens is 2. The molecule has 2 rings (SSSR count). The lowest BCUT2D eigenvalue weighted by molar-refractivity contribution is 0.472. The minimum Gasteiger partial charge on any atom is -0.507 e. The van der Waals surface area contributed by atoms with E-state index in [9.17, 15) is 5.11 Å². The van der Waals surface area contributed by atoms with Gasteiger partial charge in [-0.05, 0) is 24.8 Å². The Morgan fingerprint density at radius 2 is 2.12 bits per heavy atom. The van der Waals surface area contributed by atoms with Gasteiger partial charge in [-0.15, -0.1) is 11.8 Å². The topological polar surface area (TPSA) is 64.1 Å². The van der Waals surface area contributed by atoms with Gasteiger partial charge in [0.2, 0.25) is 0 Å². The maximum Gasteiger partial charge on any atom is 0.129 e. The third-order valence-electron chi connectivity index (χ3n) is 2.82. The van der Waals surface area contributed by atoms with Crippen molar-refractivity contribution < 1.29 is 5.11 Å². The van der Waals surface area contributed by atoms with Gasteiger partial charge < -0.3 is 10.8 Å². The fraction of sp³-hybridized carbons (Fsp3) is 0.250. The highest BCUT2D eigenvalue weighted by Crippen LogP contribution is 2.41. The number of anilines is 1. The zero-order valence-electron chi connectivity index (χ0n) is 10.1. The largest absolute Gasteiger partial charge is 0.507 e. The van der Waals surface area contributed by atoms with Crippen molar-refractivity contribution in [1.82, 2.24) is 9.78 Å². The highest BCUT2D eigenvalue weighted by Gasteiger charge is 2.17. The Morgan fingerprint density at radius 1 is 1.41 bits per heavy atom. The highest BCUT2D eigenvalue weighted by atomic mass is 32.2. The van der Waals surface area contributed by atoms with Crippen LogP contribution in [-0.2, 0) is 7.05 Å². The van der Waals surface area contributed by atoms with Gasteiger partial charge >= 0.3 is 0 Å². The molecule has 0 bridgehead atoms. The molecule has 0 spiro atoms. The molecule has 0 unspecified atom stereocenters. The normalized spacial score (nSPS) is 10.8. The molecule has 0 amide bonds. The molecule has 0 aliphatic heterocycles. The molecule has 17 heavy (non-hydrogen) atoms. The van der Waals surface area contributed by atoms with E-state index in [1.54, 1.807) is 29.7 Å². The molecule has 0 aliphatic carbocycles. The Labute approximate surface area is 104 Å². The summed E-state index contributed by atoms with van der Waals surface area (Å²) in [5.41, 5.74) is 8.33. The van der Waals surface area contributed by atoms with Crippen molar-refractivity contribution in [3.05, 3.63) is 23.9 Å². The van der Waals surface area contributed by atoms with E-state index in [1.165, 1.54) is 0 Å². The Hall–Kier alpha value is -1.62. The maximum atomic E-state index is 10.2. The molecule has 3 N–H and O–H groups in total. The average Bonchev–Trinajstić information content (AvgIpc) is 2.64. The van der Waals surface area contributed by atoms with Crippen LogP contribution in [0.25, 0.3) is 11.1 Å². The van der Waals surface area contributed by atoms with Gasteiger partial charge in [0.1, 0.15) is 11.6 Å². The third-order valence-corrected chi connectivity index (χ3v) is 3.60. The fourth-order valence-electron chi connectivity index (χ4n) is 1.75. The number of aryl methyl sites for hydroxylation is 2. The van der Waals surface area contributed by atoms with Crippen molar-refractivity contribution >= 4 is 17.6 Å². The van der Waals surface area contributed by atoms with Gasteiger partial charge in [-0.25, -0.2) is 0 Å². The van der Waals surface area contributed by atoms with Crippen LogP contribution in [0, 0.1) is 6.92 Å². The molecule has 1 aromatic carbocycles.